The monoisotopic (exact) mass is 588 g/mol. The van der Waals surface area contributed by atoms with Crippen molar-refractivity contribution in [3.63, 3.8) is 0 Å². The van der Waals surface area contributed by atoms with Crippen LogP contribution in [0.3, 0.4) is 0 Å². The second kappa shape index (κ2) is 11.6. The van der Waals surface area contributed by atoms with Gasteiger partial charge in [0.2, 0.25) is 0 Å². The molecule has 3 aromatic carbocycles. The maximum atomic E-state index is 13.5. The fraction of sp³-hybridized carbons (Fsp3) is 0.111. The van der Waals surface area contributed by atoms with Crippen LogP contribution in [0.5, 0.6) is 0 Å². The van der Waals surface area contributed by atoms with Crippen LogP contribution in [0.1, 0.15) is 17.0 Å². The number of aryl methyl sites for hydroxylation is 1. The molecule has 1 amide bonds. The number of anilines is 1. The van der Waals surface area contributed by atoms with Crippen molar-refractivity contribution in [3.8, 4) is 5.69 Å². The van der Waals surface area contributed by atoms with Crippen LogP contribution < -0.4 is 9.73 Å². The highest BCUT2D eigenvalue weighted by atomic mass is 35.5. The van der Waals surface area contributed by atoms with Crippen LogP contribution in [0.15, 0.2) is 88.9 Å². The Morgan fingerprint density at radius 2 is 1.63 bits per heavy atom. The summed E-state index contributed by atoms with van der Waals surface area (Å²) in [6.07, 6.45) is 1.50. The maximum absolute atomic E-state index is 13.5. The van der Waals surface area contributed by atoms with E-state index in [0.29, 0.717) is 10.0 Å². The van der Waals surface area contributed by atoms with E-state index in [-0.39, 0.29) is 15.6 Å². The summed E-state index contributed by atoms with van der Waals surface area (Å²) in [6.45, 7) is 3.29. The third-order valence-corrected chi connectivity index (χ3v) is 8.38. The van der Waals surface area contributed by atoms with Crippen LogP contribution in [-0.4, -0.2) is 31.7 Å². The van der Waals surface area contributed by atoms with E-state index in [9.17, 15) is 13.2 Å². The van der Waals surface area contributed by atoms with Crippen molar-refractivity contribution in [2.75, 3.05) is 10.8 Å². The van der Waals surface area contributed by atoms with Crippen LogP contribution >= 0.6 is 34.8 Å². The van der Waals surface area contributed by atoms with E-state index in [1.54, 1.807) is 18.2 Å². The molecule has 0 fully saturated rings. The van der Waals surface area contributed by atoms with E-state index in [2.05, 4.69) is 10.5 Å². The van der Waals surface area contributed by atoms with Gasteiger partial charge in [0.05, 0.1) is 32.5 Å². The summed E-state index contributed by atoms with van der Waals surface area (Å²) in [5, 5.41) is 5.08. The lowest BCUT2D eigenvalue weighted by atomic mass is 10.2. The summed E-state index contributed by atoms with van der Waals surface area (Å²) >= 11 is 18.7. The van der Waals surface area contributed by atoms with Gasteiger partial charge in [0.25, 0.3) is 15.9 Å². The average molecular weight is 590 g/mol. The zero-order chi connectivity index (χ0) is 27.4. The Kier molecular flexibility index (Phi) is 8.47. The summed E-state index contributed by atoms with van der Waals surface area (Å²) in [6, 6.07) is 21.5. The van der Waals surface area contributed by atoms with E-state index in [4.69, 9.17) is 34.8 Å². The summed E-state index contributed by atoms with van der Waals surface area (Å²) in [5.74, 6) is -0.660. The highest BCUT2D eigenvalue weighted by Crippen LogP contribution is 2.32. The first-order valence-electron chi connectivity index (χ1n) is 11.4. The molecule has 38 heavy (non-hydrogen) atoms. The largest absolute Gasteiger partial charge is 0.316 e. The van der Waals surface area contributed by atoms with Gasteiger partial charge in [-0.25, -0.2) is 13.8 Å². The molecule has 0 spiro atoms. The van der Waals surface area contributed by atoms with Gasteiger partial charge in [-0.15, -0.1) is 0 Å². The Morgan fingerprint density at radius 3 is 2.32 bits per heavy atom. The highest BCUT2D eigenvalue weighted by Gasteiger charge is 2.28. The Labute approximate surface area is 236 Å². The number of hydrogen-bond acceptors (Lipinski definition) is 4. The molecule has 0 aliphatic carbocycles. The van der Waals surface area contributed by atoms with E-state index >= 15 is 0 Å². The Bertz CT molecular complexity index is 1620. The van der Waals surface area contributed by atoms with Gasteiger partial charge in [-0.2, -0.15) is 5.10 Å². The lowest BCUT2D eigenvalue weighted by molar-refractivity contribution is -0.119. The number of benzene rings is 3. The molecule has 4 aromatic rings. The molecular formula is C27H23Cl3N4O3S. The fourth-order valence-electron chi connectivity index (χ4n) is 3.96. The highest BCUT2D eigenvalue weighted by molar-refractivity contribution is 7.92. The van der Waals surface area contributed by atoms with Gasteiger partial charge in [0.15, 0.2) is 0 Å². The number of carbonyl (C=O) groups is 1. The minimum atomic E-state index is -4.13. The van der Waals surface area contributed by atoms with Crippen molar-refractivity contribution in [2.45, 2.75) is 18.7 Å². The summed E-state index contributed by atoms with van der Waals surface area (Å²) in [4.78, 5) is 12.9. The van der Waals surface area contributed by atoms with Gasteiger partial charge in [0, 0.05) is 22.0 Å². The molecule has 196 valence electrons. The molecule has 0 unspecified atom stereocenters. The Balaban J connectivity index is 1.58. The third-order valence-electron chi connectivity index (χ3n) is 5.75. The summed E-state index contributed by atoms with van der Waals surface area (Å²) in [5.41, 5.74) is 5.92. The van der Waals surface area contributed by atoms with E-state index in [1.165, 1.54) is 36.5 Å². The standard InChI is InChI=1S/C27H23Cl3N4O3S/c1-18-14-20(19(2)34(18)26-11-7-6-10-23(26)29)16-31-32-27(35)17-33(25-13-12-21(28)15-24(25)30)38(36,37)22-8-4-3-5-9-22/h3-16H,17H2,1-2H3,(H,32,35)/b31-16-. The fourth-order valence-corrected chi connectivity index (χ4v) is 6.21. The van der Waals surface area contributed by atoms with Crippen molar-refractivity contribution in [1.82, 2.24) is 9.99 Å². The molecule has 1 aromatic heterocycles. The van der Waals surface area contributed by atoms with Gasteiger partial charge in [0.1, 0.15) is 6.54 Å². The van der Waals surface area contributed by atoms with Gasteiger partial charge in [-0.1, -0.05) is 65.1 Å². The van der Waals surface area contributed by atoms with Crippen LogP contribution in [0.25, 0.3) is 5.69 Å². The lowest BCUT2D eigenvalue weighted by Crippen LogP contribution is -2.39. The zero-order valence-corrected chi connectivity index (χ0v) is 23.5. The van der Waals surface area contributed by atoms with Crippen LogP contribution in [0.4, 0.5) is 5.69 Å². The number of sulfonamides is 1. The van der Waals surface area contributed by atoms with E-state index in [1.807, 2.05) is 48.7 Å². The maximum Gasteiger partial charge on any atom is 0.264 e. The van der Waals surface area contributed by atoms with E-state index < -0.39 is 22.5 Å². The lowest BCUT2D eigenvalue weighted by Gasteiger charge is -2.24. The summed E-state index contributed by atoms with van der Waals surface area (Å²) < 4.78 is 29.8. The van der Waals surface area contributed by atoms with Gasteiger partial charge in [-0.05, 0) is 62.4 Å². The predicted octanol–water partition coefficient (Wildman–Crippen LogP) is 6.40. The first-order chi connectivity index (χ1) is 18.1. The first-order valence-corrected chi connectivity index (χ1v) is 14.0. The molecule has 11 heteroatoms. The van der Waals surface area contributed by atoms with Gasteiger partial charge in [-0.3, -0.25) is 9.10 Å². The van der Waals surface area contributed by atoms with Crippen molar-refractivity contribution in [1.29, 1.82) is 0 Å². The minimum Gasteiger partial charge on any atom is -0.316 e. The Hall–Kier alpha value is -3.30. The first kappa shape index (κ1) is 27.7. The molecule has 0 radical (unpaired) electrons. The van der Waals surface area contributed by atoms with Crippen molar-refractivity contribution >= 4 is 62.6 Å². The quantitative estimate of drug-likeness (QED) is 0.191. The Morgan fingerprint density at radius 1 is 0.947 bits per heavy atom. The van der Waals surface area contributed by atoms with Gasteiger partial charge < -0.3 is 4.57 Å². The number of halogens is 3. The number of hydrogen-bond donors (Lipinski definition) is 1. The number of rotatable bonds is 8. The van der Waals surface area contributed by atoms with Crippen LogP contribution in [0.2, 0.25) is 15.1 Å². The average Bonchev–Trinajstić information content (AvgIpc) is 3.16. The number of amides is 1. The SMILES string of the molecule is Cc1cc(/C=N\NC(=O)CN(c2ccc(Cl)cc2Cl)S(=O)(=O)c2ccccc2)c(C)n1-c1ccccc1Cl. The van der Waals surface area contributed by atoms with E-state index in [0.717, 1.165) is 26.9 Å². The number of nitrogens with zero attached hydrogens (tertiary/aromatic N) is 3. The molecule has 0 saturated heterocycles. The van der Waals surface area contributed by atoms with Crippen molar-refractivity contribution < 1.29 is 13.2 Å². The van der Waals surface area contributed by atoms with Crippen molar-refractivity contribution in [2.24, 2.45) is 5.10 Å². The second-order valence-corrected chi connectivity index (χ2v) is 11.4. The summed E-state index contributed by atoms with van der Waals surface area (Å²) in [7, 11) is -4.13. The topological polar surface area (TPSA) is 83.8 Å². The molecule has 4 rings (SSSR count). The predicted molar refractivity (Wildman–Crippen MR) is 153 cm³/mol. The second-order valence-electron chi connectivity index (χ2n) is 8.33. The number of hydrazone groups is 1. The number of aromatic nitrogens is 1. The van der Waals surface area contributed by atoms with Crippen LogP contribution in [0, 0.1) is 13.8 Å². The zero-order valence-electron chi connectivity index (χ0n) is 20.4. The third kappa shape index (κ3) is 5.89. The molecule has 0 aliphatic rings. The molecule has 1 heterocycles. The number of carbonyl (C=O) groups excluding carboxylic acids is 1. The normalized spacial score (nSPS) is 11.6. The number of para-hydroxylation sites is 1. The minimum absolute atomic E-state index is 0.00864. The molecule has 7 nitrogen and oxygen atoms in total. The van der Waals surface area contributed by atoms with Crippen molar-refractivity contribution in [3.05, 3.63) is 111 Å². The van der Waals surface area contributed by atoms with Gasteiger partial charge >= 0.3 is 0 Å². The number of nitrogens with one attached hydrogen (secondary N) is 1. The molecule has 0 aliphatic heterocycles. The molecule has 0 atom stereocenters. The van der Waals surface area contributed by atoms with Crippen LogP contribution in [-0.2, 0) is 14.8 Å². The molecule has 0 saturated carbocycles. The molecule has 1 N–H and O–H groups in total. The smallest absolute Gasteiger partial charge is 0.264 e. The molecular weight excluding hydrogens is 567 g/mol. The molecule has 0 bridgehead atoms.